The first-order valence-electron chi connectivity index (χ1n) is 6.80. The van der Waals surface area contributed by atoms with Crippen LogP contribution in [0.3, 0.4) is 0 Å². The Morgan fingerprint density at radius 3 is 2.89 bits per heavy atom. The molecule has 0 saturated heterocycles. The molecule has 0 aliphatic carbocycles. The maximum atomic E-state index is 11.9. The smallest absolute Gasteiger partial charge is 0.273 e. The van der Waals surface area contributed by atoms with Gasteiger partial charge in [0.15, 0.2) is 5.69 Å². The van der Waals surface area contributed by atoms with E-state index in [1.807, 2.05) is 11.8 Å². The van der Waals surface area contributed by atoms with E-state index in [1.165, 1.54) is 12.2 Å². The predicted molar refractivity (Wildman–Crippen MR) is 81.6 cm³/mol. The third-order valence-corrected chi connectivity index (χ3v) is 3.61. The van der Waals surface area contributed by atoms with Crippen LogP contribution in [0, 0.1) is 0 Å². The van der Waals surface area contributed by atoms with Gasteiger partial charge in [0.1, 0.15) is 0 Å². The van der Waals surface area contributed by atoms with Gasteiger partial charge in [-0.15, -0.1) is 0 Å². The molecule has 4 N–H and O–H groups in total. The van der Waals surface area contributed by atoms with Crippen LogP contribution in [0.1, 0.15) is 48.8 Å². The third-order valence-electron chi connectivity index (χ3n) is 2.91. The first-order valence-corrected chi connectivity index (χ1v) is 8.19. The Kier molecular flexibility index (Phi) is 7.40. The minimum Gasteiger partial charge on any atom is -0.395 e. The Bertz CT molecular complexity index is 392. The number of carbonyl (C=O) groups is 1. The number of nitrogens with one attached hydrogen (secondary N) is 2. The van der Waals surface area contributed by atoms with E-state index in [0.29, 0.717) is 17.9 Å². The summed E-state index contributed by atoms with van der Waals surface area (Å²) in [5.41, 5.74) is 7.57. The van der Waals surface area contributed by atoms with Crippen molar-refractivity contribution in [3.63, 3.8) is 0 Å². The Hall–Kier alpha value is -1.17. The fourth-order valence-corrected chi connectivity index (χ4v) is 2.33. The molecule has 1 rings (SSSR count). The van der Waals surface area contributed by atoms with Crippen molar-refractivity contribution in [2.24, 2.45) is 0 Å². The molecule has 0 aliphatic rings. The summed E-state index contributed by atoms with van der Waals surface area (Å²) in [5, 5.41) is 9.70. The molecular formula is C13H24N4OS. The summed E-state index contributed by atoms with van der Waals surface area (Å²) < 4.78 is 0. The number of rotatable bonds is 9. The number of amides is 1. The number of aromatic nitrogens is 2. The molecule has 0 unspecified atom stereocenters. The van der Waals surface area contributed by atoms with Gasteiger partial charge in [0.25, 0.3) is 5.91 Å². The van der Waals surface area contributed by atoms with E-state index < -0.39 is 0 Å². The Labute approximate surface area is 119 Å². The first-order chi connectivity index (χ1) is 9.20. The van der Waals surface area contributed by atoms with E-state index in [4.69, 9.17) is 5.73 Å². The zero-order chi connectivity index (χ0) is 14.1. The highest BCUT2D eigenvalue weighted by atomic mass is 32.2. The van der Waals surface area contributed by atoms with Crippen LogP contribution in [0.25, 0.3) is 0 Å². The number of anilines is 1. The Morgan fingerprint density at radius 1 is 1.42 bits per heavy atom. The molecule has 0 radical (unpaired) electrons. The van der Waals surface area contributed by atoms with Crippen molar-refractivity contribution in [1.82, 2.24) is 15.5 Å². The van der Waals surface area contributed by atoms with Crippen molar-refractivity contribution < 1.29 is 4.79 Å². The van der Waals surface area contributed by atoms with E-state index in [-0.39, 0.29) is 5.91 Å². The number of thioether (sulfide) groups is 1. The molecule has 1 aromatic heterocycles. The van der Waals surface area contributed by atoms with E-state index in [2.05, 4.69) is 28.7 Å². The van der Waals surface area contributed by atoms with Crippen LogP contribution in [-0.2, 0) is 6.42 Å². The number of nitrogens with zero attached hydrogens (tertiary/aromatic N) is 1. The van der Waals surface area contributed by atoms with Crippen molar-refractivity contribution in [3.05, 3.63) is 11.4 Å². The molecule has 0 bridgehead atoms. The van der Waals surface area contributed by atoms with Crippen LogP contribution in [0.5, 0.6) is 0 Å². The number of carbonyl (C=O) groups excluding carboxylic acids is 1. The fraction of sp³-hybridized carbons (Fsp3) is 0.692. The topological polar surface area (TPSA) is 83.8 Å². The molecule has 0 saturated carbocycles. The van der Waals surface area contributed by atoms with Crippen LogP contribution in [0.2, 0.25) is 0 Å². The van der Waals surface area contributed by atoms with Crippen LogP contribution in [0.15, 0.2) is 0 Å². The number of aryl methyl sites for hydroxylation is 1. The van der Waals surface area contributed by atoms with Crippen LogP contribution < -0.4 is 11.1 Å². The molecule has 0 spiro atoms. The molecule has 1 amide bonds. The molecule has 108 valence electrons. The second-order valence-corrected chi connectivity index (χ2v) is 5.51. The minimum absolute atomic E-state index is 0.180. The zero-order valence-electron chi connectivity index (χ0n) is 11.8. The number of aromatic amines is 1. The SMILES string of the molecule is CCCc1[nH]nc(C(=O)NCCCCCSC)c1N. The van der Waals surface area contributed by atoms with Crippen molar-refractivity contribution in [2.45, 2.75) is 39.0 Å². The summed E-state index contributed by atoms with van der Waals surface area (Å²) >= 11 is 1.85. The van der Waals surface area contributed by atoms with Crippen LogP contribution in [-0.4, -0.2) is 34.7 Å². The summed E-state index contributed by atoms with van der Waals surface area (Å²) in [6, 6.07) is 0. The molecule has 0 aliphatic heterocycles. The second-order valence-electron chi connectivity index (χ2n) is 4.52. The van der Waals surface area contributed by atoms with Gasteiger partial charge in [-0.2, -0.15) is 16.9 Å². The average molecular weight is 284 g/mol. The molecule has 1 heterocycles. The Morgan fingerprint density at radius 2 is 2.21 bits per heavy atom. The van der Waals surface area contributed by atoms with Gasteiger partial charge in [-0.05, 0) is 31.3 Å². The van der Waals surface area contributed by atoms with E-state index in [9.17, 15) is 4.79 Å². The lowest BCUT2D eigenvalue weighted by Gasteiger charge is -2.04. The van der Waals surface area contributed by atoms with Gasteiger partial charge in [0, 0.05) is 6.54 Å². The van der Waals surface area contributed by atoms with Gasteiger partial charge >= 0.3 is 0 Å². The average Bonchev–Trinajstić information content (AvgIpc) is 2.76. The van der Waals surface area contributed by atoms with Gasteiger partial charge in [0.05, 0.1) is 11.4 Å². The highest BCUT2D eigenvalue weighted by molar-refractivity contribution is 7.98. The molecule has 0 fully saturated rings. The van der Waals surface area contributed by atoms with Gasteiger partial charge in [-0.25, -0.2) is 0 Å². The summed E-state index contributed by atoms with van der Waals surface area (Å²) in [6.07, 6.45) is 7.23. The largest absolute Gasteiger partial charge is 0.395 e. The third kappa shape index (κ3) is 5.14. The standard InChI is InChI=1S/C13H24N4OS/c1-3-7-10-11(14)12(17-16-10)13(18)15-8-5-4-6-9-19-2/h3-9,14H2,1-2H3,(H,15,18)(H,16,17). The lowest BCUT2D eigenvalue weighted by molar-refractivity contribution is 0.0949. The second kappa shape index (κ2) is 8.85. The number of hydrogen-bond donors (Lipinski definition) is 3. The molecule has 0 atom stereocenters. The maximum Gasteiger partial charge on any atom is 0.273 e. The van der Waals surface area contributed by atoms with E-state index in [1.54, 1.807) is 0 Å². The first kappa shape index (κ1) is 15.9. The number of nitrogen functional groups attached to an aromatic ring is 1. The number of nitrogens with two attached hydrogens (primary N) is 1. The van der Waals surface area contributed by atoms with Crippen molar-refractivity contribution in [3.8, 4) is 0 Å². The lowest BCUT2D eigenvalue weighted by Crippen LogP contribution is -2.25. The maximum absolute atomic E-state index is 11.9. The fourth-order valence-electron chi connectivity index (χ4n) is 1.83. The normalized spacial score (nSPS) is 10.6. The summed E-state index contributed by atoms with van der Waals surface area (Å²) in [7, 11) is 0. The quantitative estimate of drug-likeness (QED) is 0.607. The van der Waals surface area contributed by atoms with Crippen LogP contribution >= 0.6 is 11.8 Å². The van der Waals surface area contributed by atoms with Gasteiger partial charge < -0.3 is 11.1 Å². The highest BCUT2D eigenvalue weighted by Gasteiger charge is 2.15. The molecule has 5 nitrogen and oxygen atoms in total. The minimum atomic E-state index is -0.180. The van der Waals surface area contributed by atoms with Crippen molar-refractivity contribution >= 4 is 23.4 Å². The number of H-pyrrole nitrogens is 1. The van der Waals surface area contributed by atoms with Gasteiger partial charge in [-0.3, -0.25) is 9.89 Å². The van der Waals surface area contributed by atoms with E-state index >= 15 is 0 Å². The molecule has 1 aromatic rings. The number of hydrogen-bond acceptors (Lipinski definition) is 4. The lowest BCUT2D eigenvalue weighted by atomic mass is 10.2. The zero-order valence-corrected chi connectivity index (χ0v) is 12.6. The van der Waals surface area contributed by atoms with Crippen molar-refractivity contribution in [2.75, 3.05) is 24.3 Å². The number of unbranched alkanes of at least 4 members (excludes halogenated alkanes) is 2. The summed E-state index contributed by atoms with van der Waals surface area (Å²) in [5.74, 6) is 1.00. The van der Waals surface area contributed by atoms with Crippen LogP contribution in [0.4, 0.5) is 5.69 Å². The summed E-state index contributed by atoms with van der Waals surface area (Å²) in [6.45, 7) is 2.75. The summed E-state index contributed by atoms with van der Waals surface area (Å²) in [4.78, 5) is 11.9. The molecule has 19 heavy (non-hydrogen) atoms. The van der Waals surface area contributed by atoms with Gasteiger partial charge in [0.2, 0.25) is 0 Å². The molecule has 0 aromatic carbocycles. The highest BCUT2D eigenvalue weighted by Crippen LogP contribution is 2.15. The Balaban J connectivity index is 2.33. The molecule has 6 heteroatoms. The monoisotopic (exact) mass is 284 g/mol. The predicted octanol–water partition coefficient (Wildman–Crippen LogP) is 2.21. The molecular weight excluding hydrogens is 260 g/mol. The van der Waals surface area contributed by atoms with Gasteiger partial charge in [-0.1, -0.05) is 19.8 Å². The van der Waals surface area contributed by atoms with E-state index in [0.717, 1.165) is 31.4 Å². The van der Waals surface area contributed by atoms with Crippen molar-refractivity contribution in [1.29, 1.82) is 0 Å².